The second kappa shape index (κ2) is 10.6. The first kappa shape index (κ1) is 23.1. The molecule has 8 heteroatoms. The number of anilines is 4. The second-order valence-electron chi connectivity index (χ2n) is 7.51. The number of hydrogen-bond donors (Lipinski definition) is 2. The highest BCUT2D eigenvalue weighted by molar-refractivity contribution is 8.01. The molecule has 0 aliphatic heterocycles. The normalized spacial score (nSPS) is 10.9. The molecule has 0 atom stereocenters. The summed E-state index contributed by atoms with van der Waals surface area (Å²) in [5.41, 5.74) is 5.38. The maximum atomic E-state index is 12.3. The molecular formula is C23H29N5OS2. The van der Waals surface area contributed by atoms with Crippen molar-refractivity contribution < 1.29 is 4.79 Å². The van der Waals surface area contributed by atoms with Gasteiger partial charge in [0, 0.05) is 29.6 Å². The number of rotatable bonds is 9. The van der Waals surface area contributed by atoms with E-state index in [9.17, 15) is 4.79 Å². The average molecular weight is 456 g/mol. The Morgan fingerprint density at radius 3 is 2.55 bits per heavy atom. The van der Waals surface area contributed by atoms with Crippen molar-refractivity contribution in [2.24, 2.45) is 0 Å². The number of carbonyl (C=O) groups excluding carboxylic acids is 1. The van der Waals surface area contributed by atoms with E-state index in [1.54, 1.807) is 0 Å². The zero-order valence-electron chi connectivity index (χ0n) is 18.6. The maximum absolute atomic E-state index is 12.3. The predicted molar refractivity (Wildman–Crippen MR) is 133 cm³/mol. The van der Waals surface area contributed by atoms with E-state index < -0.39 is 0 Å². The monoisotopic (exact) mass is 455 g/mol. The minimum atomic E-state index is -0.0619. The van der Waals surface area contributed by atoms with E-state index in [0.29, 0.717) is 6.04 Å². The molecular weight excluding hydrogens is 426 g/mol. The van der Waals surface area contributed by atoms with Crippen molar-refractivity contribution in [3.8, 4) is 0 Å². The van der Waals surface area contributed by atoms with Crippen LogP contribution in [0.5, 0.6) is 0 Å². The number of nitrogens with one attached hydrogen (secondary N) is 2. The van der Waals surface area contributed by atoms with Crippen LogP contribution in [0.1, 0.15) is 31.9 Å². The van der Waals surface area contributed by atoms with Crippen LogP contribution in [-0.4, -0.2) is 34.4 Å². The summed E-state index contributed by atoms with van der Waals surface area (Å²) < 4.78 is 0.758. The second-order valence-corrected chi connectivity index (χ2v) is 9.71. The van der Waals surface area contributed by atoms with Crippen molar-refractivity contribution in [1.29, 1.82) is 0 Å². The third-order valence-electron chi connectivity index (χ3n) is 5.03. The smallest absolute Gasteiger partial charge is 0.234 e. The summed E-state index contributed by atoms with van der Waals surface area (Å²) in [6.07, 6.45) is 0. The molecule has 2 N–H and O–H groups in total. The third-order valence-corrected chi connectivity index (χ3v) is 7.00. The van der Waals surface area contributed by atoms with Gasteiger partial charge < -0.3 is 15.5 Å². The van der Waals surface area contributed by atoms with Crippen LogP contribution in [0.4, 0.5) is 22.2 Å². The number of nitrogens with zero attached hydrogens (tertiary/aromatic N) is 3. The fourth-order valence-corrected chi connectivity index (χ4v) is 4.79. The number of amides is 1. The Kier molecular flexibility index (Phi) is 7.92. The molecule has 1 amide bonds. The Balaban J connectivity index is 1.51. The van der Waals surface area contributed by atoms with Gasteiger partial charge in [-0.15, -0.1) is 10.2 Å². The Hall–Kier alpha value is -2.58. The number of benzene rings is 2. The molecule has 6 nitrogen and oxygen atoms in total. The molecule has 0 radical (unpaired) electrons. The minimum Gasteiger partial charge on any atom is -0.369 e. The zero-order valence-corrected chi connectivity index (χ0v) is 20.2. The van der Waals surface area contributed by atoms with Crippen LogP contribution in [0.2, 0.25) is 0 Å². The molecule has 0 saturated carbocycles. The summed E-state index contributed by atoms with van der Waals surface area (Å²) in [5, 5.41) is 15.4. The number of thioether (sulfide) groups is 1. The standard InChI is InChI=1S/C23H29N5OS2/c1-6-28(15(2)3)19-12-10-18(11-13-19)24-21(29)14-30-23-27-26-22(31-23)25-20-9-7-8-16(4)17(20)5/h7-13,15H,6,14H2,1-5H3,(H,24,29)(H,25,26). The van der Waals surface area contributed by atoms with Gasteiger partial charge >= 0.3 is 0 Å². The van der Waals surface area contributed by atoms with Crippen molar-refractivity contribution in [1.82, 2.24) is 10.2 Å². The van der Waals surface area contributed by atoms with Crippen molar-refractivity contribution >= 4 is 51.2 Å². The average Bonchev–Trinajstić information content (AvgIpc) is 3.19. The van der Waals surface area contributed by atoms with E-state index in [2.05, 4.69) is 66.4 Å². The molecule has 3 rings (SSSR count). The van der Waals surface area contributed by atoms with Gasteiger partial charge in [0.25, 0.3) is 0 Å². The third kappa shape index (κ3) is 6.21. The quantitative estimate of drug-likeness (QED) is 0.394. The Bertz CT molecular complexity index is 1020. The van der Waals surface area contributed by atoms with Crippen LogP contribution in [0.3, 0.4) is 0 Å². The van der Waals surface area contributed by atoms with E-state index in [0.717, 1.165) is 33.1 Å². The van der Waals surface area contributed by atoms with E-state index in [1.165, 1.54) is 34.2 Å². The van der Waals surface area contributed by atoms with Gasteiger partial charge in [-0.05, 0) is 76.1 Å². The molecule has 0 unspecified atom stereocenters. The molecule has 0 spiro atoms. The molecule has 3 aromatic rings. The largest absolute Gasteiger partial charge is 0.369 e. The fraction of sp³-hybridized carbons (Fsp3) is 0.348. The lowest BCUT2D eigenvalue weighted by molar-refractivity contribution is -0.113. The molecule has 0 bridgehead atoms. The van der Waals surface area contributed by atoms with E-state index >= 15 is 0 Å². The summed E-state index contributed by atoms with van der Waals surface area (Å²) in [6.45, 7) is 11.6. The molecule has 0 saturated heterocycles. The summed E-state index contributed by atoms with van der Waals surface area (Å²) in [4.78, 5) is 14.7. The van der Waals surface area contributed by atoms with Crippen molar-refractivity contribution in [2.45, 2.75) is 45.0 Å². The number of aromatic nitrogens is 2. The lowest BCUT2D eigenvalue weighted by Gasteiger charge is -2.27. The van der Waals surface area contributed by atoms with Crippen molar-refractivity contribution in [3.63, 3.8) is 0 Å². The van der Waals surface area contributed by atoms with Gasteiger partial charge in [-0.3, -0.25) is 4.79 Å². The minimum absolute atomic E-state index is 0.0619. The Labute approximate surface area is 192 Å². The molecule has 1 heterocycles. The molecule has 2 aromatic carbocycles. The van der Waals surface area contributed by atoms with Crippen LogP contribution in [0, 0.1) is 13.8 Å². The van der Waals surface area contributed by atoms with Gasteiger partial charge in [0.1, 0.15) is 0 Å². The molecule has 1 aromatic heterocycles. The maximum Gasteiger partial charge on any atom is 0.234 e. The first-order valence-corrected chi connectivity index (χ1v) is 12.1. The summed E-state index contributed by atoms with van der Waals surface area (Å²) in [5.74, 6) is 0.223. The lowest BCUT2D eigenvalue weighted by Crippen LogP contribution is -2.30. The van der Waals surface area contributed by atoms with Crippen molar-refractivity contribution in [2.75, 3.05) is 27.8 Å². The molecule has 164 valence electrons. The van der Waals surface area contributed by atoms with E-state index in [-0.39, 0.29) is 11.7 Å². The predicted octanol–water partition coefficient (Wildman–Crippen LogP) is 5.86. The molecule has 0 fully saturated rings. The molecule has 0 aliphatic rings. The fourth-order valence-electron chi connectivity index (χ4n) is 3.23. The molecule has 0 aliphatic carbocycles. The topological polar surface area (TPSA) is 70.2 Å². The number of carbonyl (C=O) groups is 1. The highest BCUT2D eigenvalue weighted by Crippen LogP contribution is 2.29. The number of aryl methyl sites for hydroxylation is 1. The van der Waals surface area contributed by atoms with Crippen LogP contribution >= 0.6 is 23.1 Å². The summed E-state index contributed by atoms with van der Waals surface area (Å²) in [6, 6.07) is 14.5. The highest BCUT2D eigenvalue weighted by atomic mass is 32.2. The number of hydrogen-bond acceptors (Lipinski definition) is 7. The first-order chi connectivity index (χ1) is 14.9. The SMILES string of the molecule is CCN(c1ccc(NC(=O)CSc2nnc(Nc3cccc(C)c3C)s2)cc1)C(C)C. The summed E-state index contributed by atoms with van der Waals surface area (Å²) >= 11 is 2.83. The van der Waals surface area contributed by atoms with Crippen molar-refractivity contribution in [3.05, 3.63) is 53.6 Å². The van der Waals surface area contributed by atoms with Gasteiger partial charge in [0.15, 0.2) is 4.34 Å². The van der Waals surface area contributed by atoms with Gasteiger partial charge in [0.2, 0.25) is 11.0 Å². The Morgan fingerprint density at radius 2 is 1.87 bits per heavy atom. The summed E-state index contributed by atoms with van der Waals surface area (Å²) in [7, 11) is 0. The highest BCUT2D eigenvalue weighted by Gasteiger charge is 2.11. The zero-order chi connectivity index (χ0) is 22.4. The molecule has 31 heavy (non-hydrogen) atoms. The van der Waals surface area contributed by atoms with E-state index in [4.69, 9.17) is 0 Å². The first-order valence-electron chi connectivity index (χ1n) is 10.3. The lowest BCUT2D eigenvalue weighted by atomic mass is 10.1. The van der Waals surface area contributed by atoms with Gasteiger partial charge in [-0.1, -0.05) is 35.2 Å². The van der Waals surface area contributed by atoms with Crippen LogP contribution < -0.4 is 15.5 Å². The van der Waals surface area contributed by atoms with Gasteiger partial charge in [-0.2, -0.15) is 0 Å². The van der Waals surface area contributed by atoms with Crippen LogP contribution in [0.25, 0.3) is 0 Å². The van der Waals surface area contributed by atoms with Crippen LogP contribution in [0.15, 0.2) is 46.8 Å². The van der Waals surface area contributed by atoms with Gasteiger partial charge in [0.05, 0.1) is 5.75 Å². The van der Waals surface area contributed by atoms with E-state index in [1.807, 2.05) is 36.4 Å². The Morgan fingerprint density at radius 1 is 1.13 bits per heavy atom. The van der Waals surface area contributed by atoms with Crippen LogP contribution in [-0.2, 0) is 4.79 Å². The van der Waals surface area contributed by atoms with Gasteiger partial charge in [-0.25, -0.2) is 0 Å².